The first-order valence-corrected chi connectivity index (χ1v) is 11.9. The van der Waals surface area contributed by atoms with Gasteiger partial charge in [0.15, 0.2) is 0 Å². The number of hydrogen-bond donors (Lipinski definition) is 3. The third kappa shape index (κ3) is 5.35. The largest absolute Gasteiger partial charge is 0.507 e. The van der Waals surface area contributed by atoms with E-state index in [4.69, 9.17) is 5.11 Å². The number of sulfonamides is 2. The molecule has 12 heteroatoms. The van der Waals surface area contributed by atoms with E-state index in [9.17, 15) is 26.7 Å². The van der Waals surface area contributed by atoms with Gasteiger partial charge in [0.25, 0.3) is 20.0 Å². The first-order valence-electron chi connectivity index (χ1n) is 8.91. The number of benzene rings is 3. The molecule has 0 atom stereocenters. The van der Waals surface area contributed by atoms with Gasteiger partial charge in [-0.3, -0.25) is 0 Å². The zero-order valence-corrected chi connectivity index (χ0v) is 18.1. The molecule has 0 spiro atoms. The van der Waals surface area contributed by atoms with E-state index in [2.05, 4.69) is 10.2 Å². The minimum Gasteiger partial charge on any atom is -0.507 e. The summed E-state index contributed by atoms with van der Waals surface area (Å²) in [5.41, 5.74) is 0.866. The van der Waals surface area contributed by atoms with E-state index in [0.29, 0.717) is 0 Å². The second-order valence-electron chi connectivity index (χ2n) is 6.60. The Morgan fingerprint density at radius 2 is 1.25 bits per heavy atom. The van der Waals surface area contributed by atoms with Crippen LogP contribution in [0.5, 0.6) is 5.75 Å². The van der Waals surface area contributed by atoms with Crippen molar-refractivity contribution in [2.24, 2.45) is 10.2 Å². The summed E-state index contributed by atoms with van der Waals surface area (Å²) in [6, 6.07) is 14.2. The lowest BCUT2D eigenvalue weighted by molar-refractivity contribution is 0.0693. The molecule has 3 aromatic rings. The summed E-state index contributed by atoms with van der Waals surface area (Å²) in [4.78, 5) is 10.6. The average Bonchev–Trinajstić information content (AvgIpc) is 2.73. The molecule has 0 radical (unpaired) electrons. The molecule has 3 rings (SSSR count). The summed E-state index contributed by atoms with van der Waals surface area (Å²) in [5, 5.41) is 26.2. The van der Waals surface area contributed by atoms with Crippen LogP contribution in [0.1, 0.15) is 15.9 Å². The highest BCUT2D eigenvalue weighted by Gasteiger charge is 2.24. The number of nitrogens with zero attached hydrogens (tertiary/aromatic N) is 2. The van der Waals surface area contributed by atoms with E-state index in [0.717, 1.165) is 29.8 Å². The lowest BCUT2D eigenvalue weighted by Gasteiger charge is -2.08. The maximum atomic E-state index is 12.5. The van der Waals surface area contributed by atoms with Crippen molar-refractivity contribution in [1.29, 1.82) is 0 Å². The molecule has 0 heterocycles. The molecular formula is C20H17N3O7S2. The average molecular weight is 476 g/mol. The fourth-order valence-corrected chi connectivity index (χ4v) is 5.44. The minimum atomic E-state index is -4.38. The van der Waals surface area contributed by atoms with Crippen LogP contribution >= 0.6 is 0 Å². The highest BCUT2D eigenvalue weighted by atomic mass is 32.3. The minimum absolute atomic E-state index is 0.155. The Labute approximate surface area is 184 Å². The first kappa shape index (κ1) is 23.1. The van der Waals surface area contributed by atoms with E-state index >= 15 is 0 Å². The lowest BCUT2D eigenvalue weighted by Crippen LogP contribution is -2.30. The predicted molar refractivity (Wildman–Crippen MR) is 114 cm³/mol. The van der Waals surface area contributed by atoms with E-state index < -0.39 is 31.8 Å². The van der Waals surface area contributed by atoms with Gasteiger partial charge in [-0.15, -0.1) is 4.13 Å². The van der Waals surface area contributed by atoms with Gasteiger partial charge in [-0.1, -0.05) is 17.7 Å². The molecule has 166 valence electrons. The standard InChI is InChI=1S/C20H17N3O7S2/c1-13-2-7-16(8-3-13)31(27,28)23-32(29,30)17-9-4-14(5-10-17)21-22-15-6-11-19(24)18(12-15)20(25)26/h2-12,23-24H,1H3,(H,25,26). The zero-order chi connectivity index (χ0) is 23.5. The summed E-state index contributed by atoms with van der Waals surface area (Å²) < 4.78 is 51.4. The quantitative estimate of drug-likeness (QED) is 0.440. The Kier molecular flexibility index (Phi) is 6.39. The molecule has 0 aliphatic heterocycles. The van der Waals surface area contributed by atoms with Crippen molar-refractivity contribution in [2.45, 2.75) is 16.7 Å². The summed E-state index contributed by atoms with van der Waals surface area (Å²) >= 11 is 0. The van der Waals surface area contributed by atoms with Crippen LogP contribution in [0.2, 0.25) is 0 Å². The van der Waals surface area contributed by atoms with E-state index in [1.54, 1.807) is 23.2 Å². The third-order valence-electron chi connectivity index (χ3n) is 4.19. The summed E-state index contributed by atoms with van der Waals surface area (Å²) in [6.07, 6.45) is 0. The van der Waals surface area contributed by atoms with Crippen LogP contribution < -0.4 is 4.13 Å². The van der Waals surface area contributed by atoms with Crippen LogP contribution in [-0.2, 0) is 20.0 Å². The molecule has 0 aliphatic rings. The molecule has 3 N–H and O–H groups in total. The van der Waals surface area contributed by atoms with Gasteiger partial charge >= 0.3 is 5.97 Å². The summed E-state index contributed by atoms with van der Waals surface area (Å²) in [7, 11) is -8.69. The van der Waals surface area contributed by atoms with Crippen molar-refractivity contribution < 1.29 is 31.8 Å². The van der Waals surface area contributed by atoms with Gasteiger partial charge in [-0.2, -0.15) is 10.2 Å². The molecule has 0 saturated carbocycles. The van der Waals surface area contributed by atoms with Crippen molar-refractivity contribution >= 4 is 37.4 Å². The Morgan fingerprint density at radius 3 is 1.78 bits per heavy atom. The number of aromatic carboxylic acids is 1. The number of aryl methyl sites for hydroxylation is 1. The number of phenols is 1. The lowest BCUT2D eigenvalue weighted by atomic mass is 10.2. The Balaban J connectivity index is 1.78. The topological polar surface area (TPSA) is 163 Å². The van der Waals surface area contributed by atoms with Gasteiger partial charge < -0.3 is 10.2 Å². The van der Waals surface area contributed by atoms with Gasteiger partial charge in [0.1, 0.15) is 11.3 Å². The van der Waals surface area contributed by atoms with Crippen molar-refractivity contribution in [1.82, 2.24) is 4.13 Å². The van der Waals surface area contributed by atoms with Crippen LogP contribution in [0.25, 0.3) is 0 Å². The van der Waals surface area contributed by atoms with Crippen molar-refractivity contribution in [2.75, 3.05) is 0 Å². The molecule has 0 saturated heterocycles. The molecule has 0 fully saturated rings. The van der Waals surface area contributed by atoms with Crippen molar-refractivity contribution in [3.63, 3.8) is 0 Å². The number of rotatable bonds is 7. The number of aromatic hydroxyl groups is 1. The van der Waals surface area contributed by atoms with Gasteiger partial charge in [-0.05, 0) is 61.5 Å². The number of carboxylic acid groups (broad SMARTS) is 1. The molecule has 0 unspecified atom stereocenters. The Hall–Kier alpha value is -3.61. The van der Waals surface area contributed by atoms with Crippen molar-refractivity contribution in [3.05, 3.63) is 77.9 Å². The first-order chi connectivity index (χ1) is 15.0. The molecule has 10 nitrogen and oxygen atoms in total. The summed E-state index contributed by atoms with van der Waals surface area (Å²) in [6.45, 7) is 1.77. The molecule has 0 amide bonds. The number of hydrogen-bond acceptors (Lipinski definition) is 8. The molecule has 0 aromatic heterocycles. The van der Waals surface area contributed by atoms with Crippen molar-refractivity contribution in [3.8, 4) is 5.75 Å². The fourth-order valence-electron chi connectivity index (χ4n) is 2.52. The SMILES string of the molecule is Cc1ccc(S(=O)(=O)NS(=O)(=O)c2ccc(N=Nc3ccc(O)c(C(=O)O)c3)cc2)cc1. The number of carboxylic acids is 1. The third-order valence-corrected chi connectivity index (χ3v) is 7.73. The van der Waals surface area contributed by atoms with E-state index in [1.807, 2.05) is 0 Å². The number of carbonyl (C=O) groups is 1. The Bertz CT molecular complexity index is 1400. The normalized spacial score (nSPS) is 12.2. The van der Waals surface area contributed by atoms with Gasteiger partial charge in [0.05, 0.1) is 21.2 Å². The fraction of sp³-hybridized carbons (Fsp3) is 0.0500. The van der Waals surface area contributed by atoms with Gasteiger partial charge in [0.2, 0.25) is 0 Å². The summed E-state index contributed by atoms with van der Waals surface area (Å²) in [5.74, 6) is -1.75. The van der Waals surface area contributed by atoms with Crippen LogP contribution in [0.3, 0.4) is 0 Å². The van der Waals surface area contributed by atoms with Gasteiger partial charge in [0, 0.05) is 0 Å². The zero-order valence-electron chi connectivity index (χ0n) is 16.5. The van der Waals surface area contributed by atoms with Crippen LogP contribution in [0.4, 0.5) is 11.4 Å². The molecule has 0 bridgehead atoms. The van der Waals surface area contributed by atoms with E-state index in [1.165, 1.54) is 30.3 Å². The second-order valence-corrected chi connectivity index (χ2v) is 10.2. The van der Waals surface area contributed by atoms with Crippen LogP contribution in [0, 0.1) is 6.92 Å². The molecule has 0 aliphatic carbocycles. The highest BCUT2D eigenvalue weighted by molar-refractivity contribution is 8.04. The van der Waals surface area contributed by atoms with Gasteiger partial charge in [-0.25, -0.2) is 21.6 Å². The maximum absolute atomic E-state index is 12.5. The number of azo groups is 1. The van der Waals surface area contributed by atoms with Crippen LogP contribution in [0.15, 0.2) is 86.7 Å². The molecule has 3 aromatic carbocycles. The smallest absolute Gasteiger partial charge is 0.339 e. The monoisotopic (exact) mass is 475 g/mol. The molecule has 32 heavy (non-hydrogen) atoms. The Morgan fingerprint density at radius 1 is 0.781 bits per heavy atom. The number of nitrogens with one attached hydrogen (secondary N) is 1. The second kappa shape index (κ2) is 8.86. The maximum Gasteiger partial charge on any atom is 0.339 e. The predicted octanol–water partition coefficient (Wildman–Crippen LogP) is 3.48. The molecular weight excluding hydrogens is 458 g/mol. The van der Waals surface area contributed by atoms with E-state index in [-0.39, 0.29) is 26.7 Å². The highest BCUT2D eigenvalue weighted by Crippen LogP contribution is 2.26. The van der Waals surface area contributed by atoms with Crippen LogP contribution in [-0.4, -0.2) is 33.0 Å².